The highest BCUT2D eigenvalue weighted by atomic mass is 15.4. The third kappa shape index (κ3) is 4.83. The predicted molar refractivity (Wildman–Crippen MR) is 103 cm³/mol. The lowest BCUT2D eigenvalue weighted by molar-refractivity contribution is 0.262. The highest BCUT2D eigenvalue weighted by Gasteiger charge is 2.23. The Morgan fingerprint density at radius 1 is 1.16 bits per heavy atom. The normalized spacial score (nSPS) is 25.1. The van der Waals surface area contributed by atoms with Crippen LogP contribution in [0.5, 0.6) is 0 Å². The molecular weight excluding hydrogens is 312 g/mol. The Bertz CT molecular complexity index is 538. The van der Waals surface area contributed by atoms with Gasteiger partial charge in [-0.05, 0) is 31.2 Å². The molecule has 6 heteroatoms. The maximum absolute atomic E-state index is 4.99. The minimum absolute atomic E-state index is 0.751. The molecule has 1 saturated carbocycles. The molecule has 2 aliphatic rings. The van der Waals surface area contributed by atoms with Crippen LogP contribution in [0.25, 0.3) is 0 Å². The van der Waals surface area contributed by atoms with E-state index in [1.54, 1.807) is 0 Å². The second-order valence-corrected chi connectivity index (χ2v) is 7.24. The van der Waals surface area contributed by atoms with Gasteiger partial charge in [-0.1, -0.05) is 26.2 Å². The van der Waals surface area contributed by atoms with Crippen molar-refractivity contribution in [1.29, 1.82) is 0 Å². The first-order chi connectivity index (χ1) is 12.3. The molecule has 1 aliphatic heterocycles. The van der Waals surface area contributed by atoms with Crippen molar-refractivity contribution in [2.45, 2.75) is 39.5 Å². The van der Waals surface area contributed by atoms with E-state index in [2.05, 4.69) is 38.9 Å². The summed E-state index contributed by atoms with van der Waals surface area (Å²) in [6.07, 6.45) is 9.09. The highest BCUT2D eigenvalue weighted by molar-refractivity contribution is 5.80. The summed E-state index contributed by atoms with van der Waals surface area (Å²) in [4.78, 5) is 18.4. The second kappa shape index (κ2) is 9.02. The third-order valence-corrected chi connectivity index (χ3v) is 5.51. The number of nitrogens with zero attached hydrogens (tertiary/aromatic N) is 5. The van der Waals surface area contributed by atoms with E-state index in [1.165, 1.54) is 25.7 Å². The maximum atomic E-state index is 4.99. The summed E-state index contributed by atoms with van der Waals surface area (Å²) in [5, 5.41) is 3.49. The number of aliphatic imine (C=N–C) groups is 1. The Labute approximate surface area is 151 Å². The van der Waals surface area contributed by atoms with Gasteiger partial charge in [0.05, 0.1) is 0 Å². The molecule has 2 unspecified atom stereocenters. The number of anilines is 1. The van der Waals surface area contributed by atoms with E-state index >= 15 is 0 Å². The van der Waals surface area contributed by atoms with Gasteiger partial charge >= 0.3 is 0 Å². The molecule has 3 rings (SSSR count). The number of aromatic nitrogens is 2. The van der Waals surface area contributed by atoms with E-state index in [1.807, 2.05) is 18.5 Å². The molecule has 1 aromatic rings. The van der Waals surface area contributed by atoms with Crippen LogP contribution < -0.4 is 10.2 Å². The molecule has 0 amide bonds. The summed E-state index contributed by atoms with van der Waals surface area (Å²) in [5.74, 6) is 3.47. The van der Waals surface area contributed by atoms with Crippen molar-refractivity contribution in [3.63, 3.8) is 0 Å². The van der Waals surface area contributed by atoms with Crippen LogP contribution in [0.4, 0.5) is 5.95 Å². The van der Waals surface area contributed by atoms with Crippen LogP contribution >= 0.6 is 0 Å². The lowest BCUT2D eigenvalue weighted by atomic mass is 9.80. The zero-order chi connectivity index (χ0) is 17.5. The smallest absolute Gasteiger partial charge is 0.225 e. The number of guanidine groups is 1. The van der Waals surface area contributed by atoms with Gasteiger partial charge in [0.15, 0.2) is 5.96 Å². The molecule has 0 aromatic carbocycles. The molecule has 2 fully saturated rings. The van der Waals surface area contributed by atoms with E-state index in [4.69, 9.17) is 4.99 Å². The molecule has 0 spiro atoms. The molecule has 138 valence electrons. The molecule has 1 N–H and O–H groups in total. The number of piperazine rings is 1. The topological polar surface area (TPSA) is 56.7 Å². The lowest BCUT2D eigenvalue weighted by Gasteiger charge is -2.36. The minimum atomic E-state index is 0.751. The average molecular weight is 345 g/mol. The van der Waals surface area contributed by atoms with E-state index in [-0.39, 0.29) is 0 Å². The highest BCUT2D eigenvalue weighted by Crippen LogP contribution is 2.29. The van der Waals surface area contributed by atoms with E-state index in [9.17, 15) is 0 Å². The fourth-order valence-corrected chi connectivity index (χ4v) is 3.87. The van der Waals surface area contributed by atoms with Crippen LogP contribution in [-0.4, -0.2) is 60.1 Å². The molecule has 6 nitrogen and oxygen atoms in total. The monoisotopic (exact) mass is 344 g/mol. The number of rotatable bonds is 4. The lowest BCUT2D eigenvalue weighted by Crippen LogP contribution is -2.53. The maximum Gasteiger partial charge on any atom is 0.225 e. The van der Waals surface area contributed by atoms with Gasteiger partial charge in [-0.15, -0.1) is 0 Å². The fraction of sp³-hybridized carbons (Fsp3) is 0.737. The van der Waals surface area contributed by atoms with Gasteiger partial charge in [0.1, 0.15) is 0 Å². The van der Waals surface area contributed by atoms with Crippen molar-refractivity contribution in [3.05, 3.63) is 18.5 Å². The van der Waals surface area contributed by atoms with Crippen LogP contribution in [0, 0.1) is 11.8 Å². The van der Waals surface area contributed by atoms with Gasteiger partial charge in [-0.2, -0.15) is 0 Å². The van der Waals surface area contributed by atoms with Crippen molar-refractivity contribution in [3.8, 4) is 0 Å². The average Bonchev–Trinajstić information content (AvgIpc) is 2.67. The zero-order valence-electron chi connectivity index (χ0n) is 15.7. The summed E-state index contributed by atoms with van der Waals surface area (Å²) in [7, 11) is 0. The number of nitrogens with one attached hydrogen (secondary N) is 1. The second-order valence-electron chi connectivity index (χ2n) is 7.24. The fourth-order valence-electron chi connectivity index (χ4n) is 3.87. The summed E-state index contributed by atoms with van der Waals surface area (Å²) in [5.41, 5.74) is 0. The predicted octanol–water partition coefficient (Wildman–Crippen LogP) is 2.39. The molecule has 25 heavy (non-hydrogen) atoms. The quantitative estimate of drug-likeness (QED) is 0.671. The van der Waals surface area contributed by atoms with Gasteiger partial charge in [0.2, 0.25) is 5.95 Å². The molecule has 2 atom stereocenters. The molecule has 0 radical (unpaired) electrons. The summed E-state index contributed by atoms with van der Waals surface area (Å²) >= 11 is 0. The van der Waals surface area contributed by atoms with Crippen molar-refractivity contribution < 1.29 is 0 Å². The molecular formula is C19H32N6. The first kappa shape index (κ1) is 18.0. The van der Waals surface area contributed by atoms with Crippen molar-refractivity contribution in [1.82, 2.24) is 20.2 Å². The Morgan fingerprint density at radius 2 is 1.88 bits per heavy atom. The van der Waals surface area contributed by atoms with Crippen LogP contribution in [0.3, 0.4) is 0 Å². The Morgan fingerprint density at radius 3 is 2.56 bits per heavy atom. The Kier molecular flexibility index (Phi) is 6.48. The number of hydrogen-bond donors (Lipinski definition) is 1. The molecule has 1 aliphatic carbocycles. The standard InChI is InChI=1S/C19H32N6/c1-3-20-18(23-15-17-8-5-4-7-16(17)2)24-11-13-25(14-12-24)19-21-9-6-10-22-19/h6,9-10,16-17H,3-5,7-8,11-15H2,1-2H3,(H,20,23). The number of hydrogen-bond acceptors (Lipinski definition) is 4. The van der Waals surface area contributed by atoms with Crippen molar-refractivity contribution >= 4 is 11.9 Å². The summed E-state index contributed by atoms with van der Waals surface area (Å²) < 4.78 is 0. The van der Waals surface area contributed by atoms with E-state index < -0.39 is 0 Å². The SMILES string of the molecule is CCNC(=NCC1CCCCC1C)N1CCN(c2ncccn2)CC1. The molecule has 1 saturated heterocycles. The van der Waals surface area contributed by atoms with Gasteiger partial charge < -0.3 is 15.1 Å². The first-order valence-corrected chi connectivity index (χ1v) is 9.83. The molecule has 2 heterocycles. The van der Waals surface area contributed by atoms with Gasteiger partial charge in [0.25, 0.3) is 0 Å². The zero-order valence-corrected chi connectivity index (χ0v) is 15.7. The van der Waals surface area contributed by atoms with E-state index in [0.717, 1.165) is 63.0 Å². The van der Waals surface area contributed by atoms with Gasteiger partial charge in [0, 0.05) is 51.7 Å². The third-order valence-electron chi connectivity index (χ3n) is 5.51. The van der Waals surface area contributed by atoms with Crippen molar-refractivity contribution in [2.75, 3.05) is 44.2 Å². The Hall–Kier alpha value is -1.85. The summed E-state index contributed by atoms with van der Waals surface area (Å²) in [6, 6.07) is 1.86. The van der Waals surface area contributed by atoms with E-state index in [0.29, 0.717) is 0 Å². The Balaban J connectivity index is 1.57. The molecule has 1 aromatic heterocycles. The first-order valence-electron chi connectivity index (χ1n) is 9.83. The largest absolute Gasteiger partial charge is 0.357 e. The summed E-state index contributed by atoms with van der Waals surface area (Å²) in [6.45, 7) is 10.2. The minimum Gasteiger partial charge on any atom is -0.357 e. The van der Waals surface area contributed by atoms with Crippen LogP contribution in [0.15, 0.2) is 23.5 Å². The van der Waals surface area contributed by atoms with Crippen LogP contribution in [0.1, 0.15) is 39.5 Å². The van der Waals surface area contributed by atoms with Gasteiger partial charge in [-0.3, -0.25) is 4.99 Å². The van der Waals surface area contributed by atoms with Gasteiger partial charge in [-0.25, -0.2) is 9.97 Å². The van der Waals surface area contributed by atoms with Crippen molar-refractivity contribution in [2.24, 2.45) is 16.8 Å². The van der Waals surface area contributed by atoms with Crippen LogP contribution in [0.2, 0.25) is 0 Å². The van der Waals surface area contributed by atoms with Crippen LogP contribution in [-0.2, 0) is 0 Å². The molecule has 0 bridgehead atoms.